The fourth-order valence-electron chi connectivity index (χ4n) is 1.73. The van der Waals surface area contributed by atoms with E-state index in [0.717, 1.165) is 22.7 Å². The van der Waals surface area contributed by atoms with Crippen LogP contribution in [0.1, 0.15) is 28.7 Å². The van der Waals surface area contributed by atoms with E-state index in [1.807, 2.05) is 25.3 Å². The molecular weight excluding hydrogens is 260 g/mol. The van der Waals surface area contributed by atoms with Gasteiger partial charge in [-0.3, -0.25) is 0 Å². The van der Waals surface area contributed by atoms with E-state index < -0.39 is 0 Å². The van der Waals surface area contributed by atoms with Gasteiger partial charge in [-0.05, 0) is 19.4 Å². The smallest absolute Gasteiger partial charge is 0.340 e. The lowest BCUT2D eigenvalue weighted by atomic mass is 10.1. The van der Waals surface area contributed by atoms with E-state index in [2.05, 4.69) is 4.98 Å². The number of nitrogen functional groups attached to an aromatic ring is 1. The van der Waals surface area contributed by atoms with Crippen LogP contribution in [0.2, 0.25) is 0 Å². The van der Waals surface area contributed by atoms with Crippen LogP contribution in [-0.4, -0.2) is 17.6 Å². The van der Waals surface area contributed by atoms with Crippen molar-refractivity contribution in [3.05, 3.63) is 34.2 Å². The number of hydrogen-bond acceptors (Lipinski definition) is 5. The zero-order valence-corrected chi connectivity index (χ0v) is 11.8. The van der Waals surface area contributed by atoms with Crippen LogP contribution in [0.4, 0.5) is 5.69 Å². The van der Waals surface area contributed by atoms with Gasteiger partial charge >= 0.3 is 5.97 Å². The number of nitrogens with zero attached hydrogens (tertiary/aromatic N) is 1. The maximum atomic E-state index is 11.9. The minimum Gasteiger partial charge on any atom is -0.462 e. The molecule has 0 bridgehead atoms. The summed E-state index contributed by atoms with van der Waals surface area (Å²) < 4.78 is 5.12. The van der Waals surface area contributed by atoms with E-state index in [1.54, 1.807) is 23.5 Å². The zero-order chi connectivity index (χ0) is 13.8. The molecule has 0 unspecified atom stereocenters. The van der Waals surface area contributed by atoms with Crippen molar-refractivity contribution in [1.29, 1.82) is 0 Å². The number of aryl methyl sites for hydroxylation is 1. The number of thiazole rings is 1. The maximum Gasteiger partial charge on any atom is 0.340 e. The van der Waals surface area contributed by atoms with Gasteiger partial charge in [0.1, 0.15) is 0 Å². The average Bonchev–Trinajstić information content (AvgIpc) is 2.82. The van der Waals surface area contributed by atoms with Crippen LogP contribution in [0.5, 0.6) is 0 Å². The summed E-state index contributed by atoms with van der Waals surface area (Å²) in [6, 6.07) is 5.33. The van der Waals surface area contributed by atoms with Crippen molar-refractivity contribution in [3.63, 3.8) is 0 Å². The van der Waals surface area contributed by atoms with E-state index in [9.17, 15) is 4.79 Å². The molecule has 2 rings (SSSR count). The number of esters is 1. The van der Waals surface area contributed by atoms with Gasteiger partial charge in [0, 0.05) is 10.9 Å². The maximum absolute atomic E-state index is 11.9. The molecule has 2 aromatic rings. The molecule has 0 amide bonds. The molecule has 2 N–H and O–H groups in total. The first-order valence-electron chi connectivity index (χ1n) is 6.11. The second-order valence-electron chi connectivity index (χ2n) is 4.15. The highest BCUT2D eigenvalue weighted by molar-refractivity contribution is 7.09. The molecule has 5 heteroatoms. The lowest BCUT2D eigenvalue weighted by molar-refractivity contribution is 0.0506. The number of benzene rings is 1. The molecule has 0 atom stereocenters. The molecule has 0 radical (unpaired) electrons. The van der Waals surface area contributed by atoms with Crippen LogP contribution in [0, 0.1) is 6.92 Å². The molecule has 19 heavy (non-hydrogen) atoms. The molecule has 0 fully saturated rings. The monoisotopic (exact) mass is 276 g/mol. The summed E-state index contributed by atoms with van der Waals surface area (Å²) in [4.78, 5) is 16.3. The Bertz CT molecular complexity index is 593. The number of carbonyl (C=O) groups is 1. The van der Waals surface area contributed by atoms with Gasteiger partial charge in [0.2, 0.25) is 0 Å². The van der Waals surface area contributed by atoms with Crippen LogP contribution in [0.15, 0.2) is 23.6 Å². The van der Waals surface area contributed by atoms with Gasteiger partial charge in [0.15, 0.2) is 0 Å². The predicted octanol–water partition coefficient (Wildman–Crippen LogP) is 3.27. The van der Waals surface area contributed by atoms with Crippen LogP contribution in [0.3, 0.4) is 0 Å². The predicted molar refractivity (Wildman–Crippen MR) is 77.3 cm³/mol. The van der Waals surface area contributed by atoms with Crippen molar-refractivity contribution in [2.24, 2.45) is 0 Å². The topological polar surface area (TPSA) is 65.2 Å². The van der Waals surface area contributed by atoms with Crippen LogP contribution >= 0.6 is 11.3 Å². The van der Waals surface area contributed by atoms with Gasteiger partial charge in [0.25, 0.3) is 0 Å². The number of nitrogens with two attached hydrogens (primary N) is 1. The Kier molecular flexibility index (Phi) is 4.16. The fraction of sp³-hybridized carbons (Fsp3) is 0.286. The number of ether oxygens (including phenoxy) is 1. The Morgan fingerprint density at radius 3 is 2.89 bits per heavy atom. The number of carbonyl (C=O) groups excluding carboxylic acids is 1. The molecule has 0 saturated carbocycles. The molecule has 0 spiro atoms. The minimum atomic E-state index is -0.381. The van der Waals surface area contributed by atoms with E-state index in [4.69, 9.17) is 10.5 Å². The second-order valence-corrected chi connectivity index (χ2v) is 5.22. The van der Waals surface area contributed by atoms with Gasteiger partial charge in [-0.1, -0.05) is 19.1 Å². The van der Waals surface area contributed by atoms with E-state index in [0.29, 0.717) is 17.9 Å². The molecule has 0 aliphatic carbocycles. The third kappa shape index (κ3) is 2.93. The van der Waals surface area contributed by atoms with Crippen LogP contribution in [0.25, 0.3) is 11.3 Å². The zero-order valence-electron chi connectivity index (χ0n) is 11.0. The van der Waals surface area contributed by atoms with E-state index in [-0.39, 0.29) is 5.97 Å². The summed E-state index contributed by atoms with van der Waals surface area (Å²) in [7, 11) is 0. The Labute approximate surface area is 116 Å². The quantitative estimate of drug-likeness (QED) is 0.687. The van der Waals surface area contributed by atoms with Gasteiger partial charge in [0.05, 0.1) is 28.6 Å². The molecule has 1 aromatic carbocycles. The third-order valence-corrected chi connectivity index (χ3v) is 3.43. The summed E-state index contributed by atoms with van der Waals surface area (Å²) in [5.41, 5.74) is 8.46. The Hall–Kier alpha value is -1.88. The summed E-state index contributed by atoms with van der Waals surface area (Å²) >= 11 is 1.55. The first-order valence-corrected chi connectivity index (χ1v) is 6.99. The molecule has 0 aliphatic heterocycles. The summed E-state index contributed by atoms with van der Waals surface area (Å²) in [5.74, 6) is -0.381. The molecule has 4 nitrogen and oxygen atoms in total. The van der Waals surface area contributed by atoms with Crippen molar-refractivity contribution in [1.82, 2.24) is 4.98 Å². The van der Waals surface area contributed by atoms with E-state index >= 15 is 0 Å². The summed E-state index contributed by atoms with van der Waals surface area (Å²) in [6.45, 7) is 4.28. The minimum absolute atomic E-state index is 0.381. The van der Waals surface area contributed by atoms with Crippen molar-refractivity contribution in [2.75, 3.05) is 12.3 Å². The Morgan fingerprint density at radius 1 is 1.47 bits per heavy atom. The van der Waals surface area contributed by atoms with Gasteiger partial charge in [-0.2, -0.15) is 0 Å². The molecule has 1 aromatic heterocycles. The van der Waals surface area contributed by atoms with Gasteiger partial charge in [-0.15, -0.1) is 11.3 Å². The molecule has 1 heterocycles. The largest absolute Gasteiger partial charge is 0.462 e. The molecule has 0 saturated heterocycles. The highest BCUT2D eigenvalue weighted by Gasteiger charge is 2.15. The third-order valence-electron chi connectivity index (χ3n) is 2.66. The molecule has 100 valence electrons. The van der Waals surface area contributed by atoms with Crippen LogP contribution < -0.4 is 5.73 Å². The number of para-hydroxylation sites is 1. The highest BCUT2D eigenvalue weighted by atomic mass is 32.1. The lowest BCUT2D eigenvalue weighted by Gasteiger charge is -2.09. The number of hydrogen-bond donors (Lipinski definition) is 1. The first-order chi connectivity index (χ1) is 9.13. The Morgan fingerprint density at radius 2 is 2.26 bits per heavy atom. The van der Waals surface area contributed by atoms with Gasteiger partial charge in [-0.25, -0.2) is 9.78 Å². The van der Waals surface area contributed by atoms with Crippen molar-refractivity contribution < 1.29 is 9.53 Å². The SMILES string of the molecule is CCCOC(=O)c1cccc(-c2csc(C)n2)c1N. The van der Waals surface area contributed by atoms with Crippen molar-refractivity contribution in [2.45, 2.75) is 20.3 Å². The highest BCUT2D eigenvalue weighted by Crippen LogP contribution is 2.29. The normalized spacial score (nSPS) is 10.4. The lowest BCUT2D eigenvalue weighted by Crippen LogP contribution is -2.09. The fourth-order valence-corrected chi connectivity index (χ4v) is 2.34. The summed E-state index contributed by atoms with van der Waals surface area (Å²) in [6.07, 6.45) is 0.788. The van der Waals surface area contributed by atoms with Crippen molar-refractivity contribution >= 4 is 23.0 Å². The summed E-state index contributed by atoms with van der Waals surface area (Å²) in [5, 5.41) is 2.90. The molecular formula is C14H16N2O2S. The molecule has 0 aliphatic rings. The average molecular weight is 276 g/mol. The van der Waals surface area contributed by atoms with E-state index in [1.165, 1.54) is 0 Å². The first kappa shape index (κ1) is 13.5. The number of aromatic nitrogens is 1. The second kappa shape index (κ2) is 5.84. The van der Waals surface area contributed by atoms with Gasteiger partial charge < -0.3 is 10.5 Å². The standard InChI is InChI=1S/C14H16N2O2S/c1-3-7-18-14(17)11-6-4-5-10(13(11)15)12-8-19-9(2)16-12/h4-6,8H,3,7,15H2,1-2H3. The Balaban J connectivity index is 2.35. The van der Waals surface area contributed by atoms with Crippen LogP contribution in [-0.2, 0) is 4.74 Å². The van der Waals surface area contributed by atoms with Crippen molar-refractivity contribution in [3.8, 4) is 11.3 Å². The number of rotatable bonds is 4. The number of anilines is 1.